The van der Waals surface area contributed by atoms with E-state index in [1.54, 1.807) is 18.2 Å². The highest BCUT2D eigenvalue weighted by Gasteiger charge is 2.31. The third-order valence-corrected chi connectivity index (χ3v) is 5.11. The number of sulfonamides is 1. The van der Waals surface area contributed by atoms with Gasteiger partial charge in [0, 0.05) is 18.1 Å². The van der Waals surface area contributed by atoms with Gasteiger partial charge in [0.2, 0.25) is 10.0 Å². The lowest BCUT2D eigenvalue weighted by atomic mass is 10.1. The maximum atomic E-state index is 12.3. The third-order valence-electron chi connectivity index (χ3n) is 3.02. The summed E-state index contributed by atoms with van der Waals surface area (Å²) in [6, 6.07) is 6.35. The number of rotatable bonds is 3. The smallest absolute Gasteiger partial charge is 0.243 e. The number of hydrogen-bond donors (Lipinski definition) is 1. The number of benzene rings is 1. The molecule has 0 bridgehead atoms. The largest absolute Gasteiger partial charge is 0.330 e. The van der Waals surface area contributed by atoms with Gasteiger partial charge in [-0.25, -0.2) is 8.42 Å². The van der Waals surface area contributed by atoms with Crippen molar-refractivity contribution >= 4 is 21.6 Å². The highest BCUT2D eigenvalue weighted by atomic mass is 35.5. The van der Waals surface area contributed by atoms with E-state index in [9.17, 15) is 8.42 Å². The van der Waals surface area contributed by atoms with E-state index in [-0.39, 0.29) is 10.8 Å². The molecule has 1 unspecified atom stereocenters. The molecule has 6 heteroatoms. The van der Waals surface area contributed by atoms with Crippen molar-refractivity contribution < 1.29 is 8.42 Å². The van der Waals surface area contributed by atoms with Crippen molar-refractivity contribution in [2.24, 2.45) is 11.7 Å². The predicted octanol–water partition coefficient (Wildman–Crippen LogP) is 1.31. The SMILES string of the molecule is NCC1CCN(S(=O)(=O)c2cccc(Cl)c2)C1. The van der Waals surface area contributed by atoms with Crippen molar-refractivity contribution in [2.75, 3.05) is 19.6 Å². The van der Waals surface area contributed by atoms with E-state index < -0.39 is 10.0 Å². The molecular formula is C11H15ClN2O2S. The molecule has 2 N–H and O–H groups in total. The molecule has 2 rings (SSSR count). The molecule has 1 atom stereocenters. The van der Waals surface area contributed by atoms with E-state index in [4.69, 9.17) is 17.3 Å². The highest BCUT2D eigenvalue weighted by molar-refractivity contribution is 7.89. The summed E-state index contributed by atoms with van der Waals surface area (Å²) < 4.78 is 26.0. The summed E-state index contributed by atoms with van der Waals surface area (Å²) >= 11 is 5.81. The van der Waals surface area contributed by atoms with Crippen LogP contribution in [0.25, 0.3) is 0 Å². The van der Waals surface area contributed by atoms with Gasteiger partial charge in [-0.2, -0.15) is 4.31 Å². The van der Waals surface area contributed by atoms with Crippen molar-refractivity contribution in [3.8, 4) is 0 Å². The fraction of sp³-hybridized carbons (Fsp3) is 0.455. The second kappa shape index (κ2) is 4.94. The molecule has 4 nitrogen and oxygen atoms in total. The molecule has 0 amide bonds. The van der Waals surface area contributed by atoms with E-state index in [1.165, 1.54) is 10.4 Å². The number of nitrogens with zero attached hydrogens (tertiary/aromatic N) is 1. The summed E-state index contributed by atoms with van der Waals surface area (Å²) in [6.07, 6.45) is 0.830. The van der Waals surface area contributed by atoms with Gasteiger partial charge in [-0.3, -0.25) is 0 Å². The molecule has 1 aliphatic rings. The molecule has 1 aromatic carbocycles. The fourth-order valence-electron chi connectivity index (χ4n) is 1.98. The van der Waals surface area contributed by atoms with Gasteiger partial charge in [-0.1, -0.05) is 17.7 Å². The summed E-state index contributed by atoms with van der Waals surface area (Å²) in [5.74, 6) is 0.268. The second-order valence-electron chi connectivity index (χ2n) is 4.21. The van der Waals surface area contributed by atoms with Gasteiger partial charge in [-0.05, 0) is 37.1 Å². The third kappa shape index (κ3) is 2.63. The molecule has 1 saturated heterocycles. The zero-order valence-electron chi connectivity index (χ0n) is 9.34. The van der Waals surface area contributed by atoms with Crippen molar-refractivity contribution in [3.63, 3.8) is 0 Å². The highest BCUT2D eigenvalue weighted by Crippen LogP contribution is 2.25. The lowest BCUT2D eigenvalue weighted by Crippen LogP contribution is -2.30. The topological polar surface area (TPSA) is 63.4 Å². The Balaban J connectivity index is 2.25. The standard InChI is InChI=1S/C11H15ClN2O2S/c12-10-2-1-3-11(6-10)17(15,16)14-5-4-9(7-13)8-14/h1-3,6,9H,4-5,7-8,13H2. The van der Waals surface area contributed by atoms with Crippen LogP contribution < -0.4 is 5.73 Å². The van der Waals surface area contributed by atoms with Crippen LogP contribution in [0.3, 0.4) is 0 Å². The Labute approximate surface area is 106 Å². The predicted molar refractivity (Wildman–Crippen MR) is 67.4 cm³/mol. The zero-order valence-corrected chi connectivity index (χ0v) is 10.9. The molecule has 0 aliphatic carbocycles. The molecule has 17 heavy (non-hydrogen) atoms. The van der Waals surface area contributed by atoms with E-state index in [2.05, 4.69) is 0 Å². The summed E-state index contributed by atoms with van der Waals surface area (Å²) in [5, 5.41) is 0.431. The summed E-state index contributed by atoms with van der Waals surface area (Å²) in [5.41, 5.74) is 5.56. The zero-order chi connectivity index (χ0) is 12.5. The maximum absolute atomic E-state index is 12.3. The van der Waals surface area contributed by atoms with Gasteiger partial charge in [0.1, 0.15) is 0 Å². The molecule has 1 aliphatic heterocycles. The van der Waals surface area contributed by atoms with Crippen LogP contribution in [0.2, 0.25) is 5.02 Å². The molecule has 94 valence electrons. The van der Waals surface area contributed by atoms with Crippen LogP contribution in [0.1, 0.15) is 6.42 Å². The van der Waals surface area contributed by atoms with Crippen LogP contribution in [0.15, 0.2) is 29.2 Å². The summed E-state index contributed by atoms with van der Waals surface area (Å²) in [7, 11) is -3.41. The van der Waals surface area contributed by atoms with Gasteiger partial charge in [-0.15, -0.1) is 0 Å². The first-order valence-electron chi connectivity index (χ1n) is 5.50. The Morgan fingerprint density at radius 2 is 2.24 bits per heavy atom. The van der Waals surface area contributed by atoms with Crippen LogP contribution in [-0.2, 0) is 10.0 Å². The lowest BCUT2D eigenvalue weighted by Gasteiger charge is -2.16. The first kappa shape index (κ1) is 12.8. The van der Waals surface area contributed by atoms with Gasteiger partial charge in [0.05, 0.1) is 4.90 Å². The molecule has 0 aromatic heterocycles. The molecule has 0 radical (unpaired) electrons. The molecule has 0 saturated carbocycles. The molecule has 0 spiro atoms. The monoisotopic (exact) mass is 274 g/mol. The van der Waals surface area contributed by atoms with Gasteiger partial charge in [0.25, 0.3) is 0 Å². The van der Waals surface area contributed by atoms with E-state index >= 15 is 0 Å². The first-order valence-corrected chi connectivity index (χ1v) is 7.31. The van der Waals surface area contributed by atoms with Crippen molar-refractivity contribution in [1.29, 1.82) is 0 Å². The van der Waals surface area contributed by atoms with Crippen LogP contribution in [0.5, 0.6) is 0 Å². The van der Waals surface area contributed by atoms with Crippen LogP contribution in [0, 0.1) is 5.92 Å². The Morgan fingerprint density at radius 3 is 2.82 bits per heavy atom. The van der Waals surface area contributed by atoms with E-state index in [0.717, 1.165) is 6.42 Å². The Kier molecular flexibility index (Phi) is 3.73. The average molecular weight is 275 g/mol. The summed E-state index contributed by atoms with van der Waals surface area (Å²) in [4.78, 5) is 0.252. The quantitative estimate of drug-likeness (QED) is 0.904. The Bertz CT molecular complexity index is 504. The van der Waals surface area contributed by atoms with E-state index in [1.807, 2.05) is 0 Å². The van der Waals surface area contributed by atoms with Crippen LogP contribution in [0.4, 0.5) is 0 Å². The molecule has 1 aromatic rings. The normalized spacial score (nSPS) is 21.9. The fourth-order valence-corrected chi connectivity index (χ4v) is 3.82. The lowest BCUT2D eigenvalue weighted by molar-refractivity contribution is 0.459. The maximum Gasteiger partial charge on any atom is 0.243 e. The van der Waals surface area contributed by atoms with Crippen LogP contribution >= 0.6 is 11.6 Å². The number of nitrogens with two attached hydrogens (primary N) is 1. The van der Waals surface area contributed by atoms with Crippen molar-refractivity contribution in [2.45, 2.75) is 11.3 Å². The minimum Gasteiger partial charge on any atom is -0.330 e. The van der Waals surface area contributed by atoms with Gasteiger partial charge < -0.3 is 5.73 Å². The molecular weight excluding hydrogens is 260 g/mol. The minimum atomic E-state index is -3.41. The average Bonchev–Trinajstić information content (AvgIpc) is 2.78. The number of halogens is 1. The van der Waals surface area contributed by atoms with E-state index in [0.29, 0.717) is 24.7 Å². The summed E-state index contributed by atoms with van der Waals surface area (Å²) in [6.45, 7) is 1.57. The van der Waals surface area contributed by atoms with Crippen molar-refractivity contribution in [1.82, 2.24) is 4.31 Å². The second-order valence-corrected chi connectivity index (χ2v) is 6.59. The molecule has 1 heterocycles. The Morgan fingerprint density at radius 1 is 1.47 bits per heavy atom. The van der Waals surface area contributed by atoms with Gasteiger partial charge in [0.15, 0.2) is 0 Å². The molecule has 1 fully saturated rings. The minimum absolute atomic E-state index is 0.252. The van der Waals surface area contributed by atoms with Crippen molar-refractivity contribution in [3.05, 3.63) is 29.3 Å². The van der Waals surface area contributed by atoms with Crippen LogP contribution in [-0.4, -0.2) is 32.4 Å². The van der Waals surface area contributed by atoms with Gasteiger partial charge >= 0.3 is 0 Å². The Hall–Kier alpha value is -0.620. The first-order chi connectivity index (χ1) is 8.04. The number of hydrogen-bond acceptors (Lipinski definition) is 3.